The first-order chi connectivity index (χ1) is 21.0. The highest BCUT2D eigenvalue weighted by Crippen LogP contribution is 2.30. The van der Waals surface area contributed by atoms with Crippen LogP contribution in [-0.2, 0) is 4.79 Å². The lowest BCUT2D eigenvalue weighted by Crippen LogP contribution is -2.09. The first-order valence-electron chi connectivity index (χ1n) is 13.8. The topological polar surface area (TPSA) is 74.2 Å². The van der Waals surface area contributed by atoms with E-state index < -0.39 is 5.97 Å². The van der Waals surface area contributed by atoms with Gasteiger partial charge in [-0.05, 0) is 93.6 Å². The summed E-state index contributed by atoms with van der Waals surface area (Å²) < 4.78 is 21.8. The van der Waals surface area contributed by atoms with Gasteiger partial charge in [0.1, 0.15) is 29.6 Å². The molecular formula is C37H32O6. The quantitative estimate of drug-likeness (QED) is 0.163. The van der Waals surface area contributed by atoms with Crippen LogP contribution in [0.25, 0.3) is 27.8 Å². The third kappa shape index (κ3) is 7.63. The number of aliphatic carboxylic acids is 1. The summed E-state index contributed by atoms with van der Waals surface area (Å²) in [6, 6.07) is 39.9. The van der Waals surface area contributed by atoms with Crippen molar-refractivity contribution in [3.8, 4) is 45.3 Å². The number of carboxylic acids is 1. The average molecular weight is 573 g/mol. The lowest BCUT2D eigenvalue weighted by Gasteiger charge is -2.13. The minimum atomic E-state index is -1.02. The van der Waals surface area contributed by atoms with E-state index in [1.54, 1.807) is 38.5 Å². The fourth-order valence-corrected chi connectivity index (χ4v) is 4.65. The maximum absolute atomic E-state index is 10.7. The molecule has 0 saturated heterocycles. The molecule has 6 nitrogen and oxygen atoms in total. The summed E-state index contributed by atoms with van der Waals surface area (Å²) in [5, 5.41) is 8.81. The Bertz CT molecular complexity index is 1560. The molecule has 0 amide bonds. The van der Waals surface area contributed by atoms with Crippen molar-refractivity contribution < 1.29 is 28.8 Å². The molecule has 0 heterocycles. The van der Waals surface area contributed by atoms with Crippen LogP contribution < -0.4 is 18.9 Å². The summed E-state index contributed by atoms with van der Waals surface area (Å²) in [5.74, 6) is 1.76. The molecule has 1 N–H and O–H groups in total. The molecule has 6 heteroatoms. The molecule has 5 rings (SSSR count). The zero-order valence-electron chi connectivity index (χ0n) is 24.0. The molecule has 5 aromatic carbocycles. The van der Waals surface area contributed by atoms with E-state index in [4.69, 9.17) is 24.1 Å². The third-order valence-corrected chi connectivity index (χ3v) is 6.96. The maximum Gasteiger partial charge on any atom is 0.341 e. The molecule has 0 radical (unpaired) electrons. The Balaban J connectivity index is 1.38. The molecule has 216 valence electrons. The van der Waals surface area contributed by atoms with E-state index in [-0.39, 0.29) is 6.61 Å². The van der Waals surface area contributed by atoms with Crippen molar-refractivity contribution in [2.45, 2.75) is 0 Å². The predicted molar refractivity (Wildman–Crippen MR) is 169 cm³/mol. The van der Waals surface area contributed by atoms with Gasteiger partial charge in [0.15, 0.2) is 6.61 Å². The number of carboxylic acid groups (broad SMARTS) is 1. The van der Waals surface area contributed by atoms with Crippen molar-refractivity contribution in [3.05, 3.63) is 139 Å². The van der Waals surface area contributed by atoms with Crippen molar-refractivity contribution in [2.75, 3.05) is 27.4 Å². The zero-order valence-corrected chi connectivity index (χ0v) is 24.0. The molecule has 0 aliphatic carbocycles. The standard InChI is InChI=1S/C37H32O6/c1-40-32-15-11-28(12-16-32)26-3-7-30(8-4-26)36(23-24-42-34-19-21-35(22-20-34)43-25-37(38)39)31-9-5-27(6-10-31)29-13-17-33(41-2)18-14-29/h3-23H,24-25H2,1-2H3,(H,38,39). The number of ether oxygens (including phenoxy) is 4. The number of benzene rings is 5. The van der Waals surface area contributed by atoms with E-state index in [0.29, 0.717) is 18.1 Å². The Morgan fingerprint density at radius 1 is 0.535 bits per heavy atom. The summed E-state index contributed by atoms with van der Waals surface area (Å²) in [5.41, 5.74) is 7.63. The number of rotatable bonds is 12. The summed E-state index contributed by atoms with van der Waals surface area (Å²) in [6.07, 6.45) is 2.07. The molecule has 0 aliphatic heterocycles. The van der Waals surface area contributed by atoms with Crippen LogP contribution in [0.1, 0.15) is 11.1 Å². The number of carbonyl (C=O) groups is 1. The Hall–Kier alpha value is -5.49. The van der Waals surface area contributed by atoms with Gasteiger partial charge in [0.2, 0.25) is 0 Å². The summed E-state index contributed by atoms with van der Waals surface area (Å²) >= 11 is 0. The maximum atomic E-state index is 10.7. The predicted octanol–water partition coefficient (Wildman–Crippen LogP) is 8.01. The SMILES string of the molecule is COc1ccc(-c2ccc(C(=CCOc3ccc(OCC(=O)O)cc3)c3ccc(-c4ccc(OC)cc4)cc3)cc2)cc1. The first kappa shape index (κ1) is 29.0. The minimum absolute atomic E-state index is 0.338. The lowest BCUT2D eigenvalue weighted by molar-refractivity contribution is -0.139. The van der Waals surface area contributed by atoms with Gasteiger partial charge in [-0.25, -0.2) is 4.79 Å². The van der Waals surface area contributed by atoms with E-state index in [2.05, 4.69) is 54.6 Å². The van der Waals surface area contributed by atoms with Crippen LogP contribution in [-0.4, -0.2) is 38.5 Å². The molecule has 0 atom stereocenters. The smallest absolute Gasteiger partial charge is 0.341 e. The molecule has 0 unspecified atom stereocenters. The van der Waals surface area contributed by atoms with Gasteiger partial charge < -0.3 is 24.1 Å². The number of hydrogen-bond donors (Lipinski definition) is 1. The second kappa shape index (κ2) is 13.9. The van der Waals surface area contributed by atoms with Crippen LogP contribution in [0.5, 0.6) is 23.0 Å². The Morgan fingerprint density at radius 2 is 0.884 bits per heavy atom. The van der Waals surface area contributed by atoms with Crippen LogP contribution in [0.15, 0.2) is 127 Å². The van der Waals surface area contributed by atoms with Crippen molar-refractivity contribution in [1.29, 1.82) is 0 Å². The molecule has 0 fully saturated rings. The van der Waals surface area contributed by atoms with E-state index in [1.807, 2.05) is 48.5 Å². The Kier molecular flexibility index (Phi) is 9.39. The molecule has 0 saturated carbocycles. The van der Waals surface area contributed by atoms with Gasteiger partial charge in [0, 0.05) is 0 Å². The second-order valence-electron chi connectivity index (χ2n) is 9.69. The van der Waals surface area contributed by atoms with E-state index >= 15 is 0 Å². The van der Waals surface area contributed by atoms with Crippen LogP contribution in [0, 0.1) is 0 Å². The highest BCUT2D eigenvalue weighted by Gasteiger charge is 2.09. The zero-order chi connectivity index (χ0) is 30.0. The molecule has 0 spiro atoms. The largest absolute Gasteiger partial charge is 0.497 e. The van der Waals surface area contributed by atoms with Gasteiger partial charge in [-0.1, -0.05) is 72.8 Å². The Labute approximate surface area is 251 Å². The van der Waals surface area contributed by atoms with Crippen molar-refractivity contribution in [1.82, 2.24) is 0 Å². The van der Waals surface area contributed by atoms with Crippen LogP contribution in [0.4, 0.5) is 0 Å². The van der Waals surface area contributed by atoms with Gasteiger partial charge in [-0.2, -0.15) is 0 Å². The van der Waals surface area contributed by atoms with Gasteiger partial charge in [0.05, 0.1) is 14.2 Å². The fraction of sp³-hybridized carbons (Fsp3) is 0.108. The third-order valence-electron chi connectivity index (χ3n) is 6.96. The van der Waals surface area contributed by atoms with Gasteiger partial charge in [-0.3, -0.25) is 0 Å². The highest BCUT2D eigenvalue weighted by molar-refractivity contribution is 5.82. The minimum Gasteiger partial charge on any atom is -0.497 e. The molecule has 5 aromatic rings. The highest BCUT2D eigenvalue weighted by atomic mass is 16.5. The molecule has 0 aliphatic rings. The van der Waals surface area contributed by atoms with Gasteiger partial charge in [-0.15, -0.1) is 0 Å². The fourth-order valence-electron chi connectivity index (χ4n) is 4.65. The second-order valence-corrected chi connectivity index (χ2v) is 9.69. The Morgan fingerprint density at radius 3 is 1.26 bits per heavy atom. The van der Waals surface area contributed by atoms with Crippen molar-refractivity contribution in [3.63, 3.8) is 0 Å². The van der Waals surface area contributed by atoms with E-state index in [9.17, 15) is 4.79 Å². The number of methoxy groups -OCH3 is 2. The van der Waals surface area contributed by atoms with Crippen molar-refractivity contribution in [2.24, 2.45) is 0 Å². The lowest BCUT2D eigenvalue weighted by atomic mass is 9.94. The average Bonchev–Trinajstić information content (AvgIpc) is 3.06. The van der Waals surface area contributed by atoms with E-state index in [1.165, 1.54) is 0 Å². The summed E-state index contributed by atoms with van der Waals surface area (Å²) in [6.45, 7) is -0.0497. The monoisotopic (exact) mass is 572 g/mol. The molecule has 0 aromatic heterocycles. The van der Waals surface area contributed by atoms with Crippen LogP contribution in [0.3, 0.4) is 0 Å². The van der Waals surface area contributed by atoms with Crippen LogP contribution in [0.2, 0.25) is 0 Å². The first-order valence-corrected chi connectivity index (χ1v) is 13.8. The molecular weight excluding hydrogens is 540 g/mol. The summed E-state index contributed by atoms with van der Waals surface area (Å²) in [4.78, 5) is 10.7. The molecule has 43 heavy (non-hydrogen) atoms. The van der Waals surface area contributed by atoms with Crippen LogP contribution >= 0.6 is 0 Å². The van der Waals surface area contributed by atoms with Gasteiger partial charge in [0.25, 0.3) is 0 Å². The number of hydrogen-bond acceptors (Lipinski definition) is 5. The van der Waals surface area contributed by atoms with E-state index in [0.717, 1.165) is 50.5 Å². The van der Waals surface area contributed by atoms with Gasteiger partial charge >= 0.3 is 5.97 Å². The van der Waals surface area contributed by atoms with Crippen molar-refractivity contribution >= 4 is 11.5 Å². The molecule has 0 bridgehead atoms. The normalized spacial score (nSPS) is 10.5. The summed E-state index contributed by atoms with van der Waals surface area (Å²) in [7, 11) is 3.33.